The normalized spacial score (nSPS) is 19.5. The van der Waals surface area contributed by atoms with Crippen LogP contribution in [-0.2, 0) is 6.54 Å². The first-order chi connectivity index (χ1) is 8.29. The summed E-state index contributed by atoms with van der Waals surface area (Å²) in [5.74, 6) is 0.926. The summed E-state index contributed by atoms with van der Waals surface area (Å²) >= 11 is 6.02. The van der Waals surface area contributed by atoms with E-state index in [1.807, 2.05) is 25.1 Å². The molecule has 1 aliphatic rings. The van der Waals surface area contributed by atoms with Crippen LogP contribution < -0.4 is 15.4 Å². The molecule has 0 amide bonds. The second kappa shape index (κ2) is 6.24. The maximum absolute atomic E-state index is 6.02. The van der Waals surface area contributed by atoms with Gasteiger partial charge < -0.3 is 15.4 Å². The predicted molar refractivity (Wildman–Crippen MR) is 70.7 cm³/mol. The molecule has 1 atom stereocenters. The molecule has 0 radical (unpaired) electrons. The van der Waals surface area contributed by atoms with Gasteiger partial charge in [-0.15, -0.1) is 0 Å². The third-order valence-electron chi connectivity index (χ3n) is 2.96. The molecule has 17 heavy (non-hydrogen) atoms. The molecule has 2 rings (SSSR count). The second-order valence-electron chi connectivity index (χ2n) is 4.26. The summed E-state index contributed by atoms with van der Waals surface area (Å²) < 4.78 is 5.59. The van der Waals surface area contributed by atoms with Crippen LogP contribution in [0.15, 0.2) is 18.2 Å². The van der Waals surface area contributed by atoms with Crippen molar-refractivity contribution in [1.29, 1.82) is 0 Å². The Morgan fingerprint density at radius 1 is 1.53 bits per heavy atom. The fourth-order valence-electron chi connectivity index (χ4n) is 2.07. The van der Waals surface area contributed by atoms with Crippen LogP contribution in [0.4, 0.5) is 0 Å². The lowest BCUT2D eigenvalue weighted by atomic mass is 10.1. The number of rotatable bonds is 5. The van der Waals surface area contributed by atoms with Gasteiger partial charge in [-0.05, 0) is 38.1 Å². The Balaban J connectivity index is 1.99. The van der Waals surface area contributed by atoms with Crippen molar-refractivity contribution in [3.05, 3.63) is 28.8 Å². The first-order valence-corrected chi connectivity index (χ1v) is 6.52. The van der Waals surface area contributed by atoms with Crippen molar-refractivity contribution in [2.75, 3.05) is 19.7 Å². The van der Waals surface area contributed by atoms with Gasteiger partial charge in [0.1, 0.15) is 5.75 Å². The summed E-state index contributed by atoms with van der Waals surface area (Å²) in [6.45, 7) is 5.63. The van der Waals surface area contributed by atoms with Gasteiger partial charge in [0.2, 0.25) is 0 Å². The van der Waals surface area contributed by atoms with E-state index in [-0.39, 0.29) is 0 Å². The first kappa shape index (κ1) is 12.7. The molecule has 0 bridgehead atoms. The Kier molecular flexibility index (Phi) is 4.66. The Morgan fingerprint density at radius 3 is 3.12 bits per heavy atom. The first-order valence-electron chi connectivity index (χ1n) is 6.15. The molecule has 1 unspecified atom stereocenters. The summed E-state index contributed by atoms with van der Waals surface area (Å²) in [4.78, 5) is 0. The Labute approximate surface area is 107 Å². The maximum Gasteiger partial charge on any atom is 0.123 e. The fraction of sp³-hybridized carbons (Fsp3) is 0.538. The van der Waals surface area contributed by atoms with Crippen molar-refractivity contribution in [3.63, 3.8) is 0 Å². The van der Waals surface area contributed by atoms with Crippen LogP contribution in [0.25, 0.3) is 0 Å². The lowest BCUT2D eigenvalue weighted by molar-refractivity contribution is 0.334. The number of nitrogens with one attached hydrogen (secondary N) is 2. The van der Waals surface area contributed by atoms with Gasteiger partial charge in [-0.2, -0.15) is 0 Å². The van der Waals surface area contributed by atoms with Crippen molar-refractivity contribution in [2.24, 2.45) is 0 Å². The Hall–Kier alpha value is -0.770. The van der Waals surface area contributed by atoms with E-state index in [9.17, 15) is 0 Å². The fourth-order valence-corrected chi connectivity index (χ4v) is 2.26. The minimum atomic E-state index is 0.559. The summed E-state index contributed by atoms with van der Waals surface area (Å²) in [5, 5.41) is 7.62. The van der Waals surface area contributed by atoms with Crippen LogP contribution in [0.1, 0.15) is 18.9 Å². The number of benzene rings is 1. The molecule has 1 aromatic carbocycles. The third kappa shape index (κ3) is 3.60. The zero-order valence-corrected chi connectivity index (χ0v) is 10.9. The van der Waals surface area contributed by atoms with E-state index >= 15 is 0 Å². The van der Waals surface area contributed by atoms with Crippen molar-refractivity contribution < 1.29 is 4.74 Å². The molecule has 2 N–H and O–H groups in total. The SMILES string of the molecule is CCOc1ccc(Cl)cc1CNC1CCNC1. The molecule has 1 heterocycles. The molecule has 1 fully saturated rings. The Morgan fingerprint density at radius 2 is 2.41 bits per heavy atom. The molecule has 3 nitrogen and oxygen atoms in total. The second-order valence-corrected chi connectivity index (χ2v) is 4.69. The van der Waals surface area contributed by atoms with E-state index in [0.29, 0.717) is 12.6 Å². The molecule has 0 saturated carbocycles. The van der Waals surface area contributed by atoms with Crippen LogP contribution in [0.2, 0.25) is 5.02 Å². The highest BCUT2D eigenvalue weighted by atomic mass is 35.5. The van der Waals surface area contributed by atoms with E-state index in [1.54, 1.807) is 0 Å². The highest BCUT2D eigenvalue weighted by Crippen LogP contribution is 2.23. The predicted octanol–water partition coefficient (Wildman–Crippen LogP) is 2.19. The molecule has 94 valence electrons. The molecular formula is C13H19ClN2O. The van der Waals surface area contributed by atoms with E-state index in [1.165, 1.54) is 6.42 Å². The monoisotopic (exact) mass is 254 g/mol. The van der Waals surface area contributed by atoms with Crippen molar-refractivity contribution in [2.45, 2.75) is 25.9 Å². The zero-order valence-electron chi connectivity index (χ0n) is 10.1. The highest BCUT2D eigenvalue weighted by molar-refractivity contribution is 6.30. The van der Waals surface area contributed by atoms with E-state index in [4.69, 9.17) is 16.3 Å². The van der Waals surface area contributed by atoms with E-state index in [2.05, 4.69) is 10.6 Å². The number of hydrogen-bond donors (Lipinski definition) is 2. The van der Waals surface area contributed by atoms with Crippen molar-refractivity contribution in [3.8, 4) is 5.75 Å². The average Bonchev–Trinajstić information content (AvgIpc) is 2.82. The standard InChI is InChI=1S/C13H19ClN2O/c1-2-17-13-4-3-11(14)7-10(13)8-16-12-5-6-15-9-12/h3-4,7,12,15-16H,2,5-6,8-9H2,1H3. The smallest absolute Gasteiger partial charge is 0.123 e. The molecular weight excluding hydrogens is 236 g/mol. The van der Waals surface area contributed by atoms with E-state index < -0.39 is 0 Å². The van der Waals surface area contributed by atoms with Crippen molar-refractivity contribution >= 4 is 11.6 Å². The average molecular weight is 255 g/mol. The maximum atomic E-state index is 6.02. The van der Waals surface area contributed by atoms with Crippen LogP contribution in [0.5, 0.6) is 5.75 Å². The van der Waals surface area contributed by atoms with Gasteiger partial charge in [-0.1, -0.05) is 11.6 Å². The van der Waals surface area contributed by atoms with Gasteiger partial charge in [0.15, 0.2) is 0 Å². The van der Waals surface area contributed by atoms with Crippen LogP contribution in [0.3, 0.4) is 0 Å². The summed E-state index contributed by atoms with van der Waals surface area (Å²) in [7, 11) is 0. The summed E-state index contributed by atoms with van der Waals surface area (Å²) in [6, 6.07) is 6.34. The molecule has 1 saturated heterocycles. The van der Waals surface area contributed by atoms with Crippen molar-refractivity contribution in [1.82, 2.24) is 10.6 Å². The summed E-state index contributed by atoms with van der Waals surface area (Å²) in [6.07, 6.45) is 1.19. The van der Waals surface area contributed by atoms with E-state index in [0.717, 1.165) is 36.0 Å². The lowest BCUT2D eigenvalue weighted by Gasteiger charge is -2.14. The number of halogens is 1. The zero-order chi connectivity index (χ0) is 12.1. The largest absolute Gasteiger partial charge is 0.494 e. The molecule has 1 aromatic rings. The molecule has 4 heteroatoms. The minimum Gasteiger partial charge on any atom is -0.494 e. The number of hydrogen-bond acceptors (Lipinski definition) is 3. The van der Waals surface area contributed by atoms with Gasteiger partial charge in [0.25, 0.3) is 0 Å². The summed E-state index contributed by atoms with van der Waals surface area (Å²) in [5.41, 5.74) is 1.13. The van der Waals surface area contributed by atoms with Crippen LogP contribution in [-0.4, -0.2) is 25.7 Å². The molecule has 1 aliphatic heterocycles. The van der Waals surface area contributed by atoms with Gasteiger partial charge in [-0.25, -0.2) is 0 Å². The third-order valence-corrected chi connectivity index (χ3v) is 3.20. The van der Waals surface area contributed by atoms with Gasteiger partial charge in [0, 0.05) is 29.7 Å². The minimum absolute atomic E-state index is 0.559. The molecule has 0 aromatic heterocycles. The molecule has 0 aliphatic carbocycles. The lowest BCUT2D eigenvalue weighted by Crippen LogP contribution is -2.30. The van der Waals surface area contributed by atoms with Crippen LogP contribution >= 0.6 is 11.6 Å². The topological polar surface area (TPSA) is 33.3 Å². The van der Waals surface area contributed by atoms with Crippen LogP contribution in [0, 0.1) is 0 Å². The van der Waals surface area contributed by atoms with Gasteiger partial charge in [-0.3, -0.25) is 0 Å². The molecule has 0 spiro atoms. The number of ether oxygens (including phenoxy) is 1. The highest BCUT2D eigenvalue weighted by Gasteiger charge is 2.14. The Bertz CT molecular complexity index is 364. The van der Waals surface area contributed by atoms with Gasteiger partial charge >= 0.3 is 0 Å². The van der Waals surface area contributed by atoms with Gasteiger partial charge in [0.05, 0.1) is 6.61 Å². The quantitative estimate of drug-likeness (QED) is 0.845.